The normalized spacial score (nSPS) is 19.5. The summed E-state index contributed by atoms with van der Waals surface area (Å²) in [6.45, 7) is 8.47. The Bertz CT molecular complexity index is 246. The Morgan fingerprint density at radius 2 is 1.63 bits per heavy atom. The van der Waals surface area contributed by atoms with E-state index in [1.165, 1.54) is 32.1 Å². The molecule has 0 aliphatic carbocycles. The molecule has 2 N–H and O–H groups in total. The van der Waals surface area contributed by atoms with Crippen molar-refractivity contribution in [2.45, 2.75) is 58.4 Å². The van der Waals surface area contributed by atoms with E-state index >= 15 is 0 Å². The summed E-state index contributed by atoms with van der Waals surface area (Å²) in [5, 5.41) is 0. The minimum Gasteiger partial charge on any atom is -0.343 e. The molecule has 112 valence electrons. The lowest BCUT2D eigenvalue weighted by Crippen LogP contribution is -2.46. The molecule has 1 heterocycles. The lowest BCUT2D eigenvalue weighted by atomic mass is 10.0. The Kier molecular flexibility index (Phi) is 8.07. The summed E-state index contributed by atoms with van der Waals surface area (Å²) in [5.41, 5.74) is 5.91. The molecule has 19 heavy (non-hydrogen) atoms. The van der Waals surface area contributed by atoms with E-state index in [0.29, 0.717) is 13.0 Å². The zero-order chi connectivity index (χ0) is 14.1. The Morgan fingerprint density at radius 3 is 2.11 bits per heavy atom. The van der Waals surface area contributed by atoms with Crippen LogP contribution in [0.3, 0.4) is 0 Å². The van der Waals surface area contributed by atoms with Gasteiger partial charge in [-0.05, 0) is 39.8 Å². The number of hydrogen-bond acceptors (Lipinski definition) is 3. The average molecular weight is 269 g/mol. The minimum atomic E-state index is 0.228. The van der Waals surface area contributed by atoms with E-state index in [4.69, 9.17) is 5.73 Å². The summed E-state index contributed by atoms with van der Waals surface area (Å²) in [6, 6.07) is 0.228. The van der Waals surface area contributed by atoms with Gasteiger partial charge in [0.25, 0.3) is 0 Å². The largest absolute Gasteiger partial charge is 0.343 e. The molecule has 1 aliphatic heterocycles. The van der Waals surface area contributed by atoms with Gasteiger partial charge in [-0.1, -0.05) is 19.3 Å². The van der Waals surface area contributed by atoms with Crippen LogP contribution in [0.4, 0.5) is 0 Å². The minimum absolute atomic E-state index is 0.228. The first-order valence-electron chi connectivity index (χ1n) is 7.94. The Labute approximate surface area is 118 Å². The fraction of sp³-hybridized carbons (Fsp3) is 0.933. The van der Waals surface area contributed by atoms with Crippen LogP contribution in [0.25, 0.3) is 0 Å². The van der Waals surface area contributed by atoms with Gasteiger partial charge in [0.1, 0.15) is 0 Å². The van der Waals surface area contributed by atoms with Crippen LogP contribution in [-0.4, -0.2) is 54.5 Å². The Morgan fingerprint density at radius 1 is 1.11 bits per heavy atom. The first kappa shape index (κ1) is 16.4. The van der Waals surface area contributed by atoms with Gasteiger partial charge in [-0.2, -0.15) is 0 Å². The molecule has 0 aromatic carbocycles. The molecule has 1 amide bonds. The van der Waals surface area contributed by atoms with Crippen molar-refractivity contribution in [1.82, 2.24) is 9.80 Å². The second-order valence-corrected chi connectivity index (χ2v) is 5.46. The number of carbonyl (C=O) groups is 1. The smallest absolute Gasteiger partial charge is 0.224 e. The van der Waals surface area contributed by atoms with Crippen molar-refractivity contribution in [2.24, 2.45) is 5.73 Å². The van der Waals surface area contributed by atoms with Crippen LogP contribution in [-0.2, 0) is 4.79 Å². The quantitative estimate of drug-likeness (QED) is 0.800. The zero-order valence-corrected chi connectivity index (χ0v) is 12.7. The average Bonchev–Trinajstić information content (AvgIpc) is 2.37. The molecule has 0 spiro atoms. The van der Waals surface area contributed by atoms with E-state index < -0.39 is 0 Å². The molecular weight excluding hydrogens is 238 g/mol. The van der Waals surface area contributed by atoms with Crippen LogP contribution in [0.2, 0.25) is 0 Å². The first-order valence-corrected chi connectivity index (χ1v) is 7.94. The third kappa shape index (κ3) is 5.49. The molecule has 0 aromatic heterocycles. The highest BCUT2D eigenvalue weighted by atomic mass is 16.2. The Hall–Kier alpha value is -0.610. The summed E-state index contributed by atoms with van der Waals surface area (Å²) in [6.07, 6.45) is 7.07. The molecule has 1 atom stereocenters. The first-order chi connectivity index (χ1) is 9.22. The Balaban J connectivity index is 2.52. The zero-order valence-electron chi connectivity index (χ0n) is 12.7. The van der Waals surface area contributed by atoms with Gasteiger partial charge in [-0.3, -0.25) is 9.69 Å². The van der Waals surface area contributed by atoms with Gasteiger partial charge in [0.2, 0.25) is 5.91 Å². The van der Waals surface area contributed by atoms with Crippen LogP contribution in [0.5, 0.6) is 0 Å². The molecule has 1 fully saturated rings. The summed E-state index contributed by atoms with van der Waals surface area (Å²) < 4.78 is 0. The van der Waals surface area contributed by atoms with E-state index in [1.807, 2.05) is 18.7 Å². The van der Waals surface area contributed by atoms with Crippen LogP contribution in [0, 0.1) is 0 Å². The van der Waals surface area contributed by atoms with E-state index in [-0.39, 0.29) is 11.9 Å². The van der Waals surface area contributed by atoms with Crippen LogP contribution >= 0.6 is 0 Å². The molecule has 0 aromatic rings. The summed E-state index contributed by atoms with van der Waals surface area (Å²) in [7, 11) is 0. The maximum absolute atomic E-state index is 12.2. The molecule has 1 aliphatic rings. The number of nitrogens with two attached hydrogens (primary N) is 1. The topological polar surface area (TPSA) is 49.6 Å². The summed E-state index contributed by atoms with van der Waals surface area (Å²) >= 11 is 0. The fourth-order valence-electron chi connectivity index (χ4n) is 2.91. The second-order valence-electron chi connectivity index (χ2n) is 5.46. The third-order valence-electron chi connectivity index (χ3n) is 4.21. The number of likely N-dealkylation sites (tertiary alicyclic amines) is 1. The van der Waals surface area contributed by atoms with Crippen molar-refractivity contribution >= 4 is 5.91 Å². The highest BCUT2D eigenvalue weighted by Crippen LogP contribution is 2.15. The fourth-order valence-corrected chi connectivity index (χ4v) is 2.91. The van der Waals surface area contributed by atoms with E-state index in [9.17, 15) is 4.79 Å². The highest BCUT2D eigenvalue weighted by molar-refractivity contribution is 5.76. The monoisotopic (exact) mass is 269 g/mol. The van der Waals surface area contributed by atoms with Gasteiger partial charge in [-0.15, -0.1) is 0 Å². The number of amides is 1. The van der Waals surface area contributed by atoms with E-state index in [2.05, 4.69) is 4.90 Å². The van der Waals surface area contributed by atoms with Gasteiger partial charge in [0.05, 0.1) is 0 Å². The van der Waals surface area contributed by atoms with Crippen LogP contribution in [0.15, 0.2) is 0 Å². The van der Waals surface area contributed by atoms with Crippen molar-refractivity contribution in [3.8, 4) is 0 Å². The lowest BCUT2D eigenvalue weighted by Gasteiger charge is -2.33. The predicted octanol–water partition coefficient (Wildman–Crippen LogP) is 1.84. The molecular formula is C15H31N3O. The molecule has 0 radical (unpaired) electrons. The molecule has 1 saturated heterocycles. The van der Waals surface area contributed by atoms with Crippen molar-refractivity contribution < 1.29 is 4.79 Å². The number of rotatable bonds is 6. The van der Waals surface area contributed by atoms with Crippen LogP contribution in [0.1, 0.15) is 52.4 Å². The maximum atomic E-state index is 12.2. The standard InChI is InChI=1S/C15H31N3O/c1-3-17(4-2)15(19)12-14(13-16)18-10-8-6-5-7-9-11-18/h14H,3-13,16H2,1-2H3. The van der Waals surface area contributed by atoms with Crippen molar-refractivity contribution in [1.29, 1.82) is 0 Å². The summed E-state index contributed by atoms with van der Waals surface area (Å²) in [4.78, 5) is 16.6. The highest BCUT2D eigenvalue weighted by Gasteiger charge is 2.22. The number of carbonyl (C=O) groups excluding carboxylic acids is 1. The number of nitrogens with zero attached hydrogens (tertiary/aromatic N) is 2. The number of hydrogen-bond donors (Lipinski definition) is 1. The van der Waals surface area contributed by atoms with Gasteiger partial charge in [0.15, 0.2) is 0 Å². The SMILES string of the molecule is CCN(CC)C(=O)CC(CN)N1CCCCCCC1. The van der Waals surface area contributed by atoms with E-state index in [0.717, 1.165) is 26.2 Å². The summed E-state index contributed by atoms with van der Waals surface area (Å²) in [5.74, 6) is 0.252. The molecule has 0 bridgehead atoms. The second kappa shape index (κ2) is 9.32. The predicted molar refractivity (Wildman–Crippen MR) is 80.0 cm³/mol. The van der Waals surface area contributed by atoms with Crippen LogP contribution < -0.4 is 5.73 Å². The molecule has 1 rings (SSSR count). The van der Waals surface area contributed by atoms with Gasteiger partial charge >= 0.3 is 0 Å². The van der Waals surface area contributed by atoms with Crippen molar-refractivity contribution in [2.75, 3.05) is 32.7 Å². The molecule has 4 nitrogen and oxygen atoms in total. The van der Waals surface area contributed by atoms with Gasteiger partial charge in [-0.25, -0.2) is 0 Å². The van der Waals surface area contributed by atoms with E-state index in [1.54, 1.807) is 0 Å². The third-order valence-corrected chi connectivity index (χ3v) is 4.21. The maximum Gasteiger partial charge on any atom is 0.224 e. The molecule has 0 saturated carbocycles. The molecule has 1 unspecified atom stereocenters. The van der Waals surface area contributed by atoms with Crippen molar-refractivity contribution in [3.05, 3.63) is 0 Å². The van der Waals surface area contributed by atoms with Gasteiger partial charge in [0, 0.05) is 32.1 Å². The van der Waals surface area contributed by atoms with Crippen molar-refractivity contribution in [3.63, 3.8) is 0 Å². The van der Waals surface area contributed by atoms with Gasteiger partial charge < -0.3 is 10.6 Å². The molecule has 4 heteroatoms. The lowest BCUT2D eigenvalue weighted by molar-refractivity contribution is -0.132.